The maximum absolute atomic E-state index is 6.39. The zero-order valence-electron chi connectivity index (χ0n) is 8.69. The normalized spacial score (nSPS) is 12.2. The molecule has 1 rings (SSSR count). The van der Waals surface area contributed by atoms with Gasteiger partial charge in [-0.25, -0.2) is 0 Å². The van der Waals surface area contributed by atoms with Gasteiger partial charge in [0.15, 0.2) is 7.38 Å². The fourth-order valence-corrected chi connectivity index (χ4v) is 3.56. The zero-order chi connectivity index (χ0) is 10.1. The minimum atomic E-state index is -1.62. The summed E-state index contributed by atoms with van der Waals surface area (Å²) in [6, 6.07) is 8.81. The molecule has 1 aromatic carbocycles. The van der Waals surface area contributed by atoms with Gasteiger partial charge in [0.25, 0.3) is 0 Å². The fourth-order valence-electron chi connectivity index (χ4n) is 1.20. The highest BCUT2D eigenvalue weighted by atomic mass is 35.6. The lowest BCUT2D eigenvalue weighted by Crippen LogP contribution is -2.38. The van der Waals surface area contributed by atoms with Crippen LogP contribution in [0.25, 0.3) is 0 Å². The second kappa shape index (κ2) is 3.99. The van der Waals surface area contributed by atoms with Crippen molar-refractivity contribution in [2.75, 3.05) is 0 Å². The summed E-state index contributed by atoms with van der Waals surface area (Å²) in [4.78, 5) is 0. The number of hydrogen-bond donors (Lipinski definition) is 0. The second-order valence-electron chi connectivity index (χ2n) is 4.05. The maximum Gasteiger partial charge on any atom is 0.180 e. The molecule has 1 radical (unpaired) electrons. The van der Waals surface area contributed by atoms with E-state index in [2.05, 4.69) is 50.5 Å². The van der Waals surface area contributed by atoms with Gasteiger partial charge in [0.2, 0.25) is 0 Å². The number of benzene rings is 1. The Morgan fingerprint density at radius 1 is 1.23 bits per heavy atom. The van der Waals surface area contributed by atoms with Gasteiger partial charge in [-0.1, -0.05) is 55.6 Å². The number of hydrogen-bond acceptors (Lipinski definition) is 0. The van der Waals surface area contributed by atoms with E-state index in [9.17, 15) is 0 Å². The van der Waals surface area contributed by atoms with Crippen LogP contribution in [0.2, 0.25) is 26.2 Å². The van der Waals surface area contributed by atoms with E-state index in [4.69, 9.17) is 11.1 Å². The van der Waals surface area contributed by atoms with Gasteiger partial charge in [-0.15, -0.1) is 0 Å². The molecule has 0 aliphatic heterocycles. The standard InChI is InChI=1S/C10H16ClSi2/c1-12(2)9-6-5-7-10(8-9)13(3,4)11/h5-8H,1-4H3. The molecule has 3 heteroatoms. The zero-order valence-corrected chi connectivity index (χ0v) is 11.4. The molecule has 0 amide bonds. The Morgan fingerprint density at radius 2 is 1.85 bits per heavy atom. The van der Waals surface area contributed by atoms with Crippen LogP contribution in [0.5, 0.6) is 0 Å². The second-order valence-corrected chi connectivity index (χ2v) is 13.0. The molecule has 0 aliphatic rings. The first-order valence-electron chi connectivity index (χ1n) is 4.51. The Kier molecular flexibility index (Phi) is 3.38. The van der Waals surface area contributed by atoms with E-state index in [-0.39, 0.29) is 8.80 Å². The van der Waals surface area contributed by atoms with Crippen molar-refractivity contribution in [3.8, 4) is 0 Å². The lowest BCUT2D eigenvalue weighted by molar-refractivity contribution is 1.76. The molecule has 0 unspecified atom stereocenters. The minimum Gasteiger partial charge on any atom is -0.162 e. The van der Waals surface area contributed by atoms with E-state index >= 15 is 0 Å². The third kappa shape index (κ3) is 2.97. The first kappa shape index (κ1) is 11.0. The van der Waals surface area contributed by atoms with Crippen LogP contribution in [-0.4, -0.2) is 16.2 Å². The molecule has 0 fully saturated rings. The highest BCUT2D eigenvalue weighted by molar-refractivity contribution is 7.26. The summed E-state index contributed by atoms with van der Waals surface area (Å²) in [5.74, 6) is 0. The van der Waals surface area contributed by atoms with Crippen LogP contribution < -0.4 is 10.4 Å². The molecule has 0 saturated heterocycles. The van der Waals surface area contributed by atoms with E-state index in [1.807, 2.05) is 0 Å². The molecule has 0 aromatic heterocycles. The molecule has 0 nitrogen and oxygen atoms in total. The molecule has 0 spiro atoms. The van der Waals surface area contributed by atoms with E-state index in [1.54, 1.807) is 0 Å². The Morgan fingerprint density at radius 3 is 2.31 bits per heavy atom. The van der Waals surface area contributed by atoms with Crippen LogP contribution in [0.1, 0.15) is 0 Å². The smallest absolute Gasteiger partial charge is 0.162 e. The molecule has 13 heavy (non-hydrogen) atoms. The molecule has 0 atom stereocenters. The lowest BCUT2D eigenvalue weighted by Gasteiger charge is -2.15. The van der Waals surface area contributed by atoms with Crippen molar-refractivity contribution in [3.63, 3.8) is 0 Å². The first-order valence-corrected chi connectivity index (χ1v) is 11.0. The van der Waals surface area contributed by atoms with Gasteiger partial charge >= 0.3 is 0 Å². The van der Waals surface area contributed by atoms with Crippen molar-refractivity contribution in [3.05, 3.63) is 24.3 Å². The van der Waals surface area contributed by atoms with Gasteiger partial charge in [-0.3, -0.25) is 0 Å². The van der Waals surface area contributed by atoms with Gasteiger partial charge < -0.3 is 0 Å². The average molecular weight is 228 g/mol. The van der Waals surface area contributed by atoms with Gasteiger partial charge in [0.1, 0.15) is 0 Å². The Hall–Kier alpha value is -0.0562. The third-order valence-corrected chi connectivity index (χ3v) is 5.93. The molecule has 1 aromatic rings. The molecular weight excluding hydrogens is 212 g/mol. The lowest BCUT2D eigenvalue weighted by atomic mass is 10.4. The van der Waals surface area contributed by atoms with Crippen LogP contribution in [0.15, 0.2) is 24.3 Å². The SMILES string of the molecule is C[Si](C)c1cccc([Si](C)(C)Cl)c1. The largest absolute Gasteiger partial charge is 0.180 e. The monoisotopic (exact) mass is 227 g/mol. The Bertz CT molecular complexity index is 289. The summed E-state index contributed by atoms with van der Waals surface area (Å²) in [6.07, 6.45) is 0. The number of rotatable bonds is 2. The first-order chi connectivity index (χ1) is 5.91. The van der Waals surface area contributed by atoms with Crippen LogP contribution >= 0.6 is 11.1 Å². The van der Waals surface area contributed by atoms with Crippen molar-refractivity contribution in [1.82, 2.24) is 0 Å². The summed E-state index contributed by atoms with van der Waals surface area (Å²) in [5.41, 5.74) is 0. The van der Waals surface area contributed by atoms with Crippen LogP contribution in [-0.2, 0) is 0 Å². The molecule has 0 aliphatic carbocycles. The van der Waals surface area contributed by atoms with Gasteiger partial charge in [-0.2, -0.15) is 11.1 Å². The molecule has 71 valence electrons. The molecule has 0 N–H and O–H groups in total. The van der Waals surface area contributed by atoms with E-state index in [0.717, 1.165) is 0 Å². The summed E-state index contributed by atoms with van der Waals surface area (Å²) in [6.45, 7) is 8.97. The van der Waals surface area contributed by atoms with Crippen molar-refractivity contribution in [1.29, 1.82) is 0 Å². The Labute approximate surface area is 88.3 Å². The van der Waals surface area contributed by atoms with Crippen LogP contribution in [0.3, 0.4) is 0 Å². The number of halogens is 1. The van der Waals surface area contributed by atoms with Gasteiger partial charge in [-0.05, 0) is 5.19 Å². The molecule has 0 bridgehead atoms. The molecular formula is C10H16ClSi2. The predicted molar refractivity (Wildman–Crippen MR) is 66.5 cm³/mol. The van der Waals surface area contributed by atoms with Gasteiger partial charge in [0.05, 0.1) is 8.80 Å². The van der Waals surface area contributed by atoms with Crippen LogP contribution in [0.4, 0.5) is 0 Å². The summed E-state index contributed by atoms with van der Waals surface area (Å²) in [5, 5.41) is 2.85. The quantitative estimate of drug-likeness (QED) is 0.538. The van der Waals surface area contributed by atoms with E-state index in [1.165, 1.54) is 10.4 Å². The van der Waals surface area contributed by atoms with Crippen LogP contribution in [0, 0.1) is 0 Å². The third-order valence-electron chi connectivity index (χ3n) is 2.13. The summed E-state index contributed by atoms with van der Waals surface area (Å²) >= 11 is 6.39. The van der Waals surface area contributed by atoms with E-state index in [0.29, 0.717) is 0 Å². The highest BCUT2D eigenvalue weighted by Crippen LogP contribution is 2.06. The molecule has 0 saturated carbocycles. The fraction of sp³-hybridized carbons (Fsp3) is 0.400. The van der Waals surface area contributed by atoms with Crippen molar-refractivity contribution < 1.29 is 0 Å². The highest BCUT2D eigenvalue weighted by Gasteiger charge is 2.20. The van der Waals surface area contributed by atoms with Crippen molar-refractivity contribution in [2.24, 2.45) is 0 Å². The predicted octanol–water partition coefficient (Wildman–Crippen LogP) is 2.30. The Balaban J connectivity index is 3.06. The van der Waals surface area contributed by atoms with E-state index < -0.39 is 7.38 Å². The van der Waals surface area contributed by atoms with Crippen molar-refractivity contribution >= 4 is 37.6 Å². The molecule has 0 heterocycles. The average Bonchev–Trinajstić information content (AvgIpc) is 2.03. The van der Waals surface area contributed by atoms with Gasteiger partial charge in [0, 0.05) is 0 Å². The topological polar surface area (TPSA) is 0 Å². The van der Waals surface area contributed by atoms with Crippen molar-refractivity contribution in [2.45, 2.75) is 26.2 Å². The minimum absolute atomic E-state index is 0.330. The summed E-state index contributed by atoms with van der Waals surface area (Å²) < 4.78 is 0. The maximum atomic E-state index is 6.39. The summed E-state index contributed by atoms with van der Waals surface area (Å²) in [7, 11) is -1.95.